The van der Waals surface area contributed by atoms with Crippen LogP contribution < -0.4 is 4.90 Å². The maximum Gasteiger partial charge on any atom is 0.128 e. The fourth-order valence-corrected chi connectivity index (χ4v) is 3.80. The van der Waals surface area contributed by atoms with E-state index in [1.807, 2.05) is 18.3 Å². The number of hydrogen-bond donors (Lipinski definition) is 1. The van der Waals surface area contributed by atoms with Crippen molar-refractivity contribution in [3.05, 3.63) is 52.4 Å². The van der Waals surface area contributed by atoms with Gasteiger partial charge in [0.2, 0.25) is 0 Å². The Morgan fingerprint density at radius 3 is 2.70 bits per heavy atom. The van der Waals surface area contributed by atoms with Crippen LogP contribution in [0.2, 0.25) is 0 Å². The molecule has 5 rings (SSSR count). The molecular formula is C17H17BrFN3O. The summed E-state index contributed by atoms with van der Waals surface area (Å²) in [4.78, 5) is 9.11. The second kappa shape index (κ2) is 5.76. The number of benzene rings is 1. The summed E-state index contributed by atoms with van der Waals surface area (Å²) < 4.78 is 14.4. The van der Waals surface area contributed by atoms with Crippen LogP contribution in [0.5, 0.6) is 5.75 Å². The molecule has 23 heavy (non-hydrogen) atoms. The molecule has 2 atom stereocenters. The Morgan fingerprint density at radius 2 is 2.00 bits per heavy atom. The van der Waals surface area contributed by atoms with Crippen LogP contribution in [0.3, 0.4) is 0 Å². The number of fused-ring (bicyclic) bond motifs is 2. The molecule has 2 unspecified atom stereocenters. The zero-order valence-corrected chi connectivity index (χ0v) is 14.1. The van der Waals surface area contributed by atoms with Crippen molar-refractivity contribution in [3.63, 3.8) is 0 Å². The Bertz CT molecular complexity index is 712. The van der Waals surface area contributed by atoms with E-state index < -0.39 is 0 Å². The van der Waals surface area contributed by atoms with E-state index >= 15 is 0 Å². The zero-order chi connectivity index (χ0) is 16.0. The van der Waals surface area contributed by atoms with Gasteiger partial charge < -0.3 is 10.0 Å². The molecule has 0 spiro atoms. The lowest BCUT2D eigenvalue weighted by atomic mass is 9.86. The third kappa shape index (κ3) is 2.81. The SMILES string of the molecule is Oc1ccc(F)cc1CN1C2CC1CN(c1ccc(Br)cn1)C2. The molecular weight excluding hydrogens is 361 g/mol. The third-order valence-corrected chi connectivity index (χ3v) is 5.24. The first-order chi connectivity index (χ1) is 11.1. The van der Waals surface area contributed by atoms with E-state index in [0.29, 0.717) is 24.2 Å². The van der Waals surface area contributed by atoms with Crippen molar-refractivity contribution >= 4 is 21.7 Å². The topological polar surface area (TPSA) is 39.6 Å². The van der Waals surface area contributed by atoms with Crippen molar-refractivity contribution in [3.8, 4) is 5.75 Å². The van der Waals surface area contributed by atoms with Crippen molar-refractivity contribution in [1.82, 2.24) is 9.88 Å². The van der Waals surface area contributed by atoms with Gasteiger partial charge in [0.25, 0.3) is 0 Å². The van der Waals surface area contributed by atoms with E-state index in [-0.39, 0.29) is 11.6 Å². The highest BCUT2D eigenvalue weighted by Gasteiger charge is 2.44. The number of nitrogens with zero attached hydrogens (tertiary/aromatic N) is 3. The first-order valence-corrected chi connectivity index (χ1v) is 8.49. The van der Waals surface area contributed by atoms with Gasteiger partial charge in [0, 0.05) is 48.0 Å². The number of piperazine rings is 1. The highest BCUT2D eigenvalue weighted by Crippen LogP contribution is 2.36. The van der Waals surface area contributed by atoms with E-state index in [9.17, 15) is 9.50 Å². The van der Waals surface area contributed by atoms with E-state index in [2.05, 4.69) is 30.7 Å². The van der Waals surface area contributed by atoms with E-state index in [0.717, 1.165) is 29.8 Å². The molecule has 3 aliphatic heterocycles. The minimum Gasteiger partial charge on any atom is -0.508 e. The summed E-state index contributed by atoms with van der Waals surface area (Å²) in [5.74, 6) is 0.864. The largest absolute Gasteiger partial charge is 0.508 e. The summed E-state index contributed by atoms with van der Waals surface area (Å²) in [6.07, 6.45) is 2.97. The number of aromatic hydroxyl groups is 1. The predicted molar refractivity (Wildman–Crippen MR) is 90.0 cm³/mol. The van der Waals surface area contributed by atoms with E-state index in [4.69, 9.17) is 0 Å². The Hall–Kier alpha value is -1.66. The molecule has 2 aromatic rings. The van der Waals surface area contributed by atoms with Crippen LogP contribution in [-0.4, -0.2) is 40.2 Å². The van der Waals surface area contributed by atoms with Crippen LogP contribution in [0.1, 0.15) is 12.0 Å². The van der Waals surface area contributed by atoms with Crippen molar-refractivity contribution < 1.29 is 9.50 Å². The minimum atomic E-state index is -0.302. The summed E-state index contributed by atoms with van der Waals surface area (Å²) >= 11 is 3.41. The van der Waals surface area contributed by atoms with Crippen molar-refractivity contribution in [2.45, 2.75) is 25.0 Å². The quantitative estimate of drug-likeness (QED) is 0.891. The normalized spacial score (nSPS) is 23.7. The van der Waals surface area contributed by atoms with Crippen molar-refractivity contribution in [1.29, 1.82) is 0 Å². The zero-order valence-electron chi connectivity index (χ0n) is 12.5. The number of phenols is 1. The Balaban J connectivity index is 1.45. The molecule has 1 aromatic heterocycles. The van der Waals surface area contributed by atoms with Crippen LogP contribution in [0.15, 0.2) is 41.0 Å². The van der Waals surface area contributed by atoms with E-state index in [1.165, 1.54) is 18.2 Å². The first-order valence-electron chi connectivity index (χ1n) is 7.70. The fraction of sp³-hybridized carbons (Fsp3) is 0.353. The molecule has 2 bridgehead atoms. The first kappa shape index (κ1) is 14.9. The van der Waals surface area contributed by atoms with Gasteiger partial charge in [-0.2, -0.15) is 0 Å². The predicted octanol–water partition coefficient (Wildman–Crippen LogP) is 3.15. The summed E-state index contributed by atoms with van der Waals surface area (Å²) in [6.45, 7) is 2.43. The molecule has 0 amide bonds. The van der Waals surface area contributed by atoms with Crippen LogP contribution >= 0.6 is 15.9 Å². The van der Waals surface area contributed by atoms with Crippen molar-refractivity contribution in [2.24, 2.45) is 0 Å². The third-order valence-electron chi connectivity index (χ3n) is 4.77. The maximum atomic E-state index is 13.4. The van der Waals surface area contributed by atoms with Crippen molar-refractivity contribution in [2.75, 3.05) is 18.0 Å². The van der Waals surface area contributed by atoms with E-state index in [1.54, 1.807) is 0 Å². The van der Waals surface area contributed by atoms with Crippen LogP contribution in [0, 0.1) is 5.82 Å². The fourth-order valence-electron chi connectivity index (χ4n) is 3.56. The van der Waals surface area contributed by atoms with Gasteiger partial charge in [0.1, 0.15) is 17.4 Å². The molecule has 3 aliphatic rings. The van der Waals surface area contributed by atoms with Gasteiger partial charge in [-0.25, -0.2) is 9.37 Å². The number of aromatic nitrogens is 1. The molecule has 3 fully saturated rings. The molecule has 3 saturated heterocycles. The lowest BCUT2D eigenvalue weighted by molar-refractivity contribution is -0.00921. The smallest absolute Gasteiger partial charge is 0.128 e. The van der Waals surface area contributed by atoms with Gasteiger partial charge in [-0.05, 0) is 52.7 Å². The van der Waals surface area contributed by atoms with Gasteiger partial charge in [0.05, 0.1) is 0 Å². The summed E-state index contributed by atoms with van der Waals surface area (Å²) in [7, 11) is 0. The van der Waals surface area contributed by atoms with Crippen LogP contribution in [0.25, 0.3) is 0 Å². The lowest BCUT2D eigenvalue weighted by Crippen LogP contribution is -2.68. The monoisotopic (exact) mass is 377 g/mol. The standard InChI is InChI=1S/C17H17BrFN3O/c18-12-1-4-17(20-7-12)21-9-14-6-15(10-21)22(14)8-11-5-13(19)2-3-16(11)23/h1-5,7,14-15,23H,6,8-10H2. The number of rotatable bonds is 3. The second-order valence-corrected chi connectivity index (χ2v) is 7.14. The number of piperidine rings is 1. The minimum absolute atomic E-state index is 0.169. The molecule has 4 heterocycles. The van der Waals surface area contributed by atoms with Crippen LogP contribution in [-0.2, 0) is 6.54 Å². The molecule has 1 N–H and O–H groups in total. The number of halogens is 2. The molecule has 4 nitrogen and oxygen atoms in total. The molecule has 0 aliphatic carbocycles. The Labute approximate surface area is 142 Å². The maximum absolute atomic E-state index is 13.4. The summed E-state index contributed by atoms with van der Waals surface area (Å²) in [5.41, 5.74) is 0.662. The van der Waals surface area contributed by atoms with Gasteiger partial charge in [-0.15, -0.1) is 0 Å². The highest BCUT2D eigenvalue weighted by atomic mass is 79.9. The average molecular weight is 378 g/mol. The number of anilines is 1. The Morgan fingerprint density at radius 1 is 1.22 bits per heavy atom. The molecule has 6 heteroatoms. The van der Waals surface area contributed by atoms with Gasteiger partial charge >= 0.3 is 0 Å². The molecule has 0 radical (unpaired) electrons. The van der Waals surface area contributed by atoms with Crippen LogP contribution in [0.4, 0.5) is 10.2 Å². The number of hydrogen-bond acceptors (Lipinski definition) is 4. The lowest BCUT2D eigenvalue weighted by Gasteiger charge is -2.56. The summed E-state index contributed by atoms with van der Waals surface area (Å²) in [6, 6.07) is 9.04. The average Bonchev–Trinajstić information content (AvgIpc) is 2.56. The summed E-state index contributed by atoms with van der Waals surface area (Å²) in [5, 5.41) is 9.90. The molecule has 0 saturated carbocycles. The van der Waals surface area contributed by atoms with Gasteiger partial charge in [-0.3, -0.25) is 4.90 Å². The number of phenolic OH excluding ortho intramolecular Hbond substituents is 1. The molecule has 120 valence electrons. The molecule has 1 aromatic carbocycles. The number of pyridine rings is 1. The van der Waals surface area contributed by atoms with Gasteiger partial charge in [-0.1, -0.05) is 0 Å². The Kier molecular flexibility index (Phi) is 3.73. The highest BCUT2D eigenvalue weighted by molar-refractivity contribution is 9.10. The second-order valence-electron chi connectivity index (χ2n) is 6.23. The van der Waals surface area contributed by atoms with Gasteiger partial charge in [0.15, 0.2) is 0 Å².